The molecule has 8 heteroatoms. The van der Waals surface area contributed by atoms with Crippen LogP contribution in [0, 0.1) is 13.8 Å². The number of alkyl carbamates (subject to hydrolysis) is 1. The molecular formula is C31H37N3O4S. The number of hydrogen-bond donors (Lipinski definition) is 3. The Labute approximate surface area is 236 Å². The molecule has 0 saturated heterocycles. The van der Waals surface area contributed by atoms with Gasteiger partial charge in [-0.15, -0.1) is 6.58 Å². The van der Waals surface area contributed by atoms with Gasteiger partial charge < -0.3 is 20.3 Å². The number of fused-ring (bicyclic) bond motifs is 1. The van der Waals surface area contributed by atoms with Gasteiger partial charge in [-0.1, -0.05) is 54.6 Å². The molecule has 0 heterocycles. The van der Waals surface area contributed by atoms with Crippen LogP contribution >= 0.6 is 12.6 Å². The van der Waals surface area contributed by atoms with E-state index in [-0.39, 0.29) is 18.2 Å². The molecule has 0 radical (unpaired) electrons. The third-order valence-electron chi connectivity index (χ3n) is 6.30. The van der Waals surface area contributed by atoms with Crippen molar-refractivity contribution in [3.05, 3.63) is 90.0 Å². The number of aryl methyl sites for hydroxylation is 1. The van der Waals surface area contributed by atoms with Crippen molar-refractivity contribution in [1.29, 1.82) is 0 Å². The van der Waals surface area contributed by atoms with Crippen molar-refractivity contribution >= 4 is 47.0 Å². The van der Waals surface area contributed by atoms with Crippen LogP contribution in [-0.4, -0.2) is 46.7 Å². The lowest BCUT2D eigenvalue weighted by molar-refractivity contribution is -0.139. The van der Waals surface area contributed by atoms with Crippen LogP contribution in [-0.2, 0) is 14.3 Å². The summed E-state index contributed by atoms with van der Waals surface area (Å²) in [6, 6.07) is 17.2. The van der Waals surface area contributed by atoms with E-state index in [1.807, 2.05) is 74.5 Å². The zero-order valence-electron chi connectivity index (χ0n) is 23.2. The summed E-state index contributed by atoms with van der Waals surface area (Å²) < 4.78 is 5.35. The summed E-state index contributed by atoms with van der Waals surface area (Å²) in [5, 5.41) is 7.64. The van der Waals surface area contributed by atoms with Crippen LogP contribution in [0.15, 0.2) is 73.3 Å². The third kappa shape index (κ3) is 7.63. The lowest BCUT2D eigenvalue weighted by atomic mass is 9.95. The molecule has 2 atom stereocenters. The molecule has 2 unspecified atom stereocenters. The zero-order chi connectivity index (χ0) is 28.7. The maximum atomic E-state index is 14.0. The van der Waals surface area contributed by atoms with E-state index < -0.39 is 29.7 Å². The number of nitrogens with one attached hydrogen (secondary N) is 2. The minimum absolute atomic E-state index is 0.0114. The van der Waals surface area contributed by atoms with Crippen molar-refractivity contribution < 1.29 is 19.1 Å². The number of anilines is 1. The second-order valence-corrected chi connectivity index (χ2v) is 10.8. The topological polar surface area (TPSA) is 87.7 Å². The van der Waals surface area contributed by atoms with Crippen LogP contribution in [0.1, 0.15) is 43.5 Å². The van der Waals surface area contributed by atoms with E-state index >= 15 is 0 Å². The number of nitrogens with zero attached hydrogens (tertiary/aromatic N) is 1. The predicted molar refractivity (Wildman–Crippen MR) is 160 cm³/mol. The molecule has 39 heavy (non-hydrogen) atoms. The molecule has 2 N–H and O–H groups in total. The van der Waals surface area contributed by atoms with Crippen molar-refractivity contribution in [1.82, 2.24) is 10.2 Å². The number of carbonyl (C=O) groups is 3. The van der Waals surface area contributed by atoms with Gasteiger partial charge in [0.05, 0.1) is 0 Å². The molecule has 3 rings (SSSR count). The molecule has 3 amide bonds. The first-order valence-electron chi connectivity index (χ1n) is 12.8. The van der Waals surface area contributed by atoms with Gasteiger partial charge in [-0.3, -0.25) is 9.59 Å². The van der Waals surface area contributed by atoms with Gasteiger partial charge in [0, 0.05) is 18.0 Å². The lowest BCUT2D eigenvalue weighted by Crippen LogP contribution is -2.53. The second-order valence-electron chi connectivity index (χ2n) is 10.4. The average Bonchev–Trinajstić information content (AvgIpc) is 2.87. The van der Waals surface area contributed by atoms with Crippen LogP contribution in [0.5, 0.6) is 0 Å². The molecule has 3 aromatic rings. The minimum Gasteiger partial charge on any atom is -0.444 e. The Kier molecular flexibility index (Phi) is 9.81. The summed E-state index contributed by atoms with van der Waals surface area (Å²) >= 11 is 4.32. The second kappa shape index (κ2) is 12.8. The Morgan fingerprint density at radius 1 is 1.03 bits per heavy atom. The smallest absolute Gasteiger partial charge is 0.408 e. The Hall–Kier alpha value is -3.78. The molecule has 0 bridgehead atoms. The SMILES string of the molecule is C=CCN(C(=O)C(CS)NC(=O)OC(C)(C)C)C(C(=O)Nc1ccc2ccccc2c1)c1cccc(C)c1C. The number of benzene rings is 3. The van der Waals surface area contributed by atoms with E-state index in [0.29, 0.717) is 11.3 Å². The predicted octanol–water partition coefficient (Wildman–Crippen LogP) is 5.97. The molecule has 206 valence electrons. The van der Waals surface area contributed by atoms with E-state index in [0.717, 1.165) is 21.9 Å². The molecule has 0 aliphatic carbocycles. The fraction of sp³-hybridized carbons (Fsp3) is 0.323. The van der Waals surface area contributed by atoms with E-state index in [9.17, 15) is 14.4 Å². The average molecular weight is 548 g/mol. The summed E-state index contributed by atoms with van der Waals surface area (Å²) in [5.74, 6) is -0.850. The van der Waals surface area contributed by atoms with Gasteiger partial charge >= 0.3 is 6.09 Å². The van der Waals surface area contributed by atoms with Crippen LogP contribution < -0.4 is 10.6 Å². The van der Waals surface area contributed by atoms with Crippen molar-refractivity contribution in [2.45, 2.75) is 52.3 Å². The highest BCUT2D eigenvalue weighted by Gasteiger charge is 2.36. The summed E-state index contributed by atoms with van der Waals surface area (Å²) in [4.78, 5) is 41.8. The third-order valence-corrected chi connectivity index (χ3v) is 6.66. The number of rotatable bonds is 9. The zero-order valence-corrected chi connectivity index (χ0v) is 24.0. The van der Waals surface area contributed by atoms with E-state index in [2.05, 4.69) is 29.8 Å². The van der Waals surface area contributed by atoms with Gasteiger partial charge in [-0.25, -0.2) is 4.79 Å². The van der Waals surface area contributed by atoms with Crippen molar-refractivity contribution in [2.24, 2.45) is 0 Å². The Balaban J connectivity index is 2.01. The number of amides is 3. The van der Waals surface area contributed by atoms with Gasteiger partial charge in [0.1, 0.15) is 17.7 Å². The quantitative estimate of drug-likeness (QED) is 0.227. The first kappa shape index (κ1) is 29.8. The highest BCUT2D eigenvalue weighted by atomic mass is 32.1. The first-order chi connectivity index (χ1) is 18.4. The molecular weight excluding hydrogens is 510 g/mol. The van der Waals surface area contributed by atoms with Gasteiger partial charge in [-0.2, -0.15) is 12.6 Å². The number of thiol groups is 1. The normalized spacial score (nSPS) is 12.8. The molecule has 0 saturated carbocycles. The Morgan fingerprint density at radius 3 is 2.36 bits per heavy atom. The van der Waals surface area contributed by atoms with Gasteiger partial charge in [0.25, 0.3) is 5.91 Å². The first-order valence-corrected chi connectivity index (χ1v) is 13.5. The molecule has 0 spiro atoms. The van der Waals surface area contributed by atoms with E-state index in [4.69, 9.17) is 4.74 Å². The number of carbonyl (C=O) groups excluding carboxylic acids is 3. The molecule has 0 aromatic heterocycles. The van der Waals surface area contributed by atoms with E-state index in [1.165, 1.54) is 4.90 Å². The molecule has 0 aliphatic heterocycles. The standard InChI is InChI=1S/C31H37N3O4S/c1-7-17-34(29(36)26(19-39)33-30(37)38-31(4,5)6)27(25-14-10-11-20(2)21(25)3)28(35)32-24-16-15-22-12-8-9-13-23(22)18-24/h7-16,18,26-27,39H,1,17,19H2,2-6H3,(H,32,35)(H,33,37). The Bertz CT molecular complexity index is 1370. The maximum Gasteiger partial charge on any atom is 0.408 e. The molecule has 7 nitrogen and oxygen atoms in total. The largest absolute Gasteiger partial charge is 0.444 e. The lowest BCUT2D eigenvalue weighted by Gasteiger charge is -2.34. The van der Waals surface area contributed by atoms with E-state index in [1.54, 1.807) is 26.8 Å². The summed E-state index contributed by atoms with van der Waals surface area (Å²) in [7, 11) is 0. The van der Waals surface area contributed by atoms with Crippen LogP contribution in [0.2, 0.25) is 0 Å². The molecule has 3 aromatic carbocycles. The van der Waals surface area contributed by atoms with Gasteiger partial charge in [-0.05, 0) is 74.2 Å². The molecule has 0 aliphatic rings. The Morgan fingerprint density at radius 2 is 1.72 bits per heavy atom. The monoisotopic (exact) mass is 547 g/mol. The highest BCUT2D eigenvalue weighted by molar-refractivity contribution is 7.80. The van der Waals surface area contributed by atoms with Crippen LogP contribution in [0.3, 0.4) is 0 Å². The van der Waals surface area contributed by atoms with Gasteiger partial charge in [0.2, 0.25) is 5.91 Å². The summed E-state index contributed by atoms with van der Waals surface area (Å²) in [5.41, 5.74) is 2.42. The number of ether oxygens (including phenoxy) is 1. The highest BCUT2D eigenvalue weighted by Crippen LogP contribution is 2.29. The minimum atomic E-state index is -1.02. The van der Waals surface area contributed by atoms with Crippen LogP contribution in [0.25, 0.3) is 10.8 Å². The summed E-state index contributed by atoms with van der Waals surface area (Å²) in [6.07, 6.45) is 0.819. The van der Waals surface area contributed by atoms with Crippen molar-refractivity contribution in [3.8, 4) is 0 Å². The van der Waals surface area contributed by atoms with Gasteiger partial charge in [0.15, 0.2) is 0 Å². The van der Waals surface area contributed by atoms with Crippen molar-refractivity contribution in [3.63, 3.8) is 0 Å². The number of hydrogen-bond acceptors (Lipinski definition) is 5. The maximum absolute atomic E-state index is 14.0. The van der Waals surface area contributed by atoms with Crippen LogP contribution in [0.4, 0.5) is 10.5 Å². The fourth-order valence-electron chi connectivity index (χ4n) is 4.30. The fourth-order valence-corrected chi connectivity index (χ4v) is 4.54. The molecule has 0 fully saturated rings. The summed E-state index contributed by atoms with van der Waals surface area (Å²) in [6.45, 7) is 13.0. The van der Waals surface area contributed by atoms with Crippen molar-refractivity contribution in [2.75, 3.05) is 17.6 Å².